The first kappa shape index (κ1) is 16.0. The van der Waals surface area contributed by atoms with Gasteiger partial charge in [0.2, 0.25) is 0 Å². The van der Waals surface area contributed by atoms with Crippen molar-refractivity contribution < 1.29 is 4.74 Å². The first-order chi connectivity index (χ1) is 8.31. The van der Waals surface area contributed by atoms with Gasteiger partial charge in [0.1, 0.15) is 0 Å². The van der Waals surface area contributed by atoms with Crippen LogP contribution in [0.15, 0.2) is 12.7 Å². The molecular weight excluding hydrogens is 248 g/mol. The molecule has 106 valence electrons. The van der Waals surface area contributed by atoms with Crippen molar-refractivity contribution in [3.05, 3.63) is 12.7 Å². The molecule has 4 heteroatoms. The van der Waals surface area contributed by atoms with Crippen molar-refractivity contribution in [1.29, 1.82) is 0 Å². The van der Waals surface area contributed by atoms with Gasteiger partial charge < -0.3 is 15.4 Å². The molecule has 0 spiro atoms. The molecule has 2 aliphatic rings. The summed E-state index contributed by atoms with van der Waals surface area (Å²) in [6, 6.07) is 1.76. The van der Waals surface area contributed by atoms with E-state index in [0.29, 0.717) is 18.1 Å². The standard InChI is InChI=1S/C14H26N2O.ClH/c1-3-5-11(2)16-13-7-4-6-12(13)14-10-17-9-8-15-14;/h3,11-16H,1,4-10H2,2H3;1H. The average molecular weight is 275 g/mol. The zero-order chi connectivity index (χ0) is 12.1. The molecule has 1 aliphatic carbocycles. The van der Waals surface area contributed by atoms with Gasteiger partial charge in [-0.05, 0) is 32.1 Å². The van der Waals surface area contributed by atoms with Crippen molar-refractivity contribution in [3.63, 3.8) is 0 Å². The minimum absolute atomic E-state index is 0. The minimum Gasteiger partial charge on any atom is -0.379 e. The van der Waals surface area contributed by atoms with E-state index in [-0.39, 0.29) is 12.4 Å². The molecule has 0 aromatic rings. The van der Waals surface area contributed by atoms with Crippen molar-refractivity contribution in [3.8, 4) is 0 Å². The molecule has 1 saturated heterocycles. The lowest BCUT2D eigenvalue weighted by molar-refractivity contribution is 0.0518. The molecule has 0 bridgehead atoms. The van der Waals surface area contributed by atoms with Crippen LogP contribution in [0.5, 0.6) is 0 Å². The molecule has 1 heterocycles. The van der Waals surface area contributed by atoms with E-state index < -0.39 is 0 Å². The zero-order valence-electron chi connectivity index (χ0n) is 11.4. The molecule has 2 rings (SSSR count). The van der Waals surface area contributed by atoms with Gasteiger partial charge in [-0.25, -0.2) is 0 Å². The number of hydrogen-bond acceptors (Lipinski definition) is 3. The van der Waals surface area contributed by atoms with E-state index in [1.54, 1.807) is 0 Å². The number of hydrogen-bond donors (Lipinski definition) is 2. The van der Waals surface area contributed by atoms with Gasteiger partial charge in [0.15, 0.2) is 0 Å². The van der Waals surface area contributed by atoms with Crippen LogP contribution in [0.1, 0.15) is 32.6 Å². The van der Waals surface area contributed by atoms with Crippen LogP contribution in [0.2, 0.25) is 0 Å². The highest BCUT2D eigenvalue weighted by Crippen LogP contribution is 2.29. The maximum Gasteiger partial charge on any atom is 0.0623 e. The number of nitrogens with one attached hydrogen (secondary N) is 2. The Kier molecular flexibility index (Phi) is 7.23. The fourth-order valence-electron chi connectivity index (χ4n) is 3.22. The molecule has 1 saturated carbocycles. The van der Waals surface area contributed by atoms with Crippen LogP contribution in [-0.2, 0) is 4.74 Å². The highest BCUT2D eigenvalue weighted by Gasteiger charge is 2.34. The topological polar surface area (TPSA) is 33.3 Å². The Balaban J connectivity index is 0.00000162. The normalized spacial score (nSPS) is 33.7. The fraction of sp³-hybridized carbons (Fsp3) is 0.857. The molecule has 3 nitrogen and oxygen atoms in total. The molecule has 0 aromatic carbocycles. The third kappa shape index (κ3) is 4.23. The van der Waals surface area contributed by atoms with E-state index >= 15 is 0 Å². The number of ether oxygens (including phenoxy) is 1. The van der Waals surface area contributed by atoms with E-state index in [1.807, 2.05) is 6.08 Å². The van der Waals surface area contributed by atoms with Crippen molar-refractivity contribution in [2.45, 2.75) is 50.7 Å². The SMILES string of the molecule is C=CCC(C)NC1CCCC1C1COCCN1.Cl. The second-order valence-electron chi connectivity index (χ2n) is 5.43. The summed E-state index contributed by atoms with van der Waals surface area (Å²) < 4.78 is 5.59. The van der Waals surface area contributed by atoms with Crippen LogP contribution >= 0.6 is 12.4 Å². The van der Waals surface area contributed by atoms with Gasteiger partial charge in [-0.3, -0.25) is 0 Å². The summed E-state index contributed by atoms with van der Waals surface area (Å²) in [7, 11) is 0. The Labute approximate surface area is 117 Å². The molecule has 4 unspecified atom stereocenters. The summed E-state index contributed by atoms with van der Waals surface area (Å²) in [5.74, 6) is 0.738. The summed E-state index contributed by atoms with van der Waals surface area (Å²) in [6.45, 7) is 8.83. The lowest BCUT2D eigenvalue weighted by Crippen LogP contribution is -2.52. The summed E-state index contributed by atoms with van der Waals surface area (Å²) in [5, 5.41) is 7.37. The Morgan fingerprint density at radius 1 is 1.50 bits per heavy atom. The first-order valence-corrected chi connectivity index (χ1v) is 6.99. The molecule has 0 aromatic heterocycles. The van der Waals surface area contributed by atoms with E-state index in [2.05, 4.69) is 24.1 Å². The van der Waals surface area contributed by atoms with Crippen molar-refractivity contribution in [1.82, 2.24) is 10.6 Å². The average Bonchev–Trinajstić information content (AvgIpc) is 2.78. The van der Waals surface area contributed by atoms with Crippen molar-refractivity contribution in [2.75, 3.05) is 19.8 Å². The third-order valence-corrected chi connectivity index (χ3v) is 4.06. The van der Waals surface area contributed by atoms with Crippen molar-refractivity contribution in [2.24, 2.45) is 5.92 Å². The Morgan fingerprint density at radius 2 is 2.33 bits per heavy atom. The van der Waals surface area contributed by atoms with Gasteiger partial charge in [0.05, 0.1) is 13.2 Å². The third-order valence-electron chi connectivity index (χ3n) is 4.06. The maximum absolute atomic E-state index is 5.59. The van der Waals surface area contributed by atoms with E-state index in [4.69, 9.17) is 4.74 Å². The van der Waals surface area contributed by atoms with Gasteiger partial charge in [-0.1, -0.05) is 12.5 Å². The molecular formula is C14H27ClN2O. The summed E-state index contributed by atoms with van der Waals surface area (Å²) in [4.78, 5) is 0. The Morgan fingerprint density at radius 3 is 3.00 bits per heavy atom. The minimum atomic E-state index is 0. The van der Waals surface area contributed by atoms with Crippen LogP contribution in [0, 0.1) is 5.92 Å². The van der Waals surface area contributed by atoms with Gasteiger partial charge in [0, 0.05) is 24.7 Å². The quantitative estimate of drug-likeness (QED) is 0.754. The molecule has 2 N–H and O–H groups in total. The lowest BCUT2D eigenvalue weighted by atomic mass is 9.93. The van der Waals surface area contributed by atoms with Crippen LogP contribution in [-0.4, -0.2) is 37.9 Å². The number of morpholine rings is 1. The molecule has 18 heavy (non-hydrogen) atoms. The summed E-state index contributed by atoms with van der Waals surface area (Å²) in [6.07, 6.45) is 7.05. The molecule has 4 atom stereocenters. The van der Waals surface area contributed by atoms with Gasteiger partial charge in [-0.15, -0.1) is 19.0 Å². The van der Waals surface area contributed by atoms with Crippen LogP contribution in [0.25, 0.3) is 0 Å². The Hall–Kier alpha value is -0.0900. The highest BCUT2D eigenvalue weighted by molar-refractivity contribution is 5.85. The van der Waals surface area contributed by atoms with Crippen molar-refractivity contribution >= 4 is 12.4 Å². The summed E-state index contributed by atoms with van der Waals surface area (Å²) >= 11 is 0. The lowest BCUT2D eigenvalue weighted by Gasteiger charge is -2.34. The molecule has 1 aliphatic heterocycles. The van der Waals surface area contributed by atoms with Crippen LogP contribution in [0.3, 0.4) is 0 Å². The highest BCUT2D eigenvalue weighted by atomic mass is 35.5. The fourth-order valence-corrected chi connectivity index (χ4v) is 3.22. The smallest absolute Gasteiger partial charge is 0.0623 e. The number of halogens is 1. The predicted octanol–water partition coefficient (Wildman–Crippen LogP) is 2.12. The van der Waals surface area contributed by atoms with Gasteiger partial charge in [0.25, 0.3) is 0 Å². The van der Waals surface area contributed by atoms with E-state index in [1.165, 1.54) is 19.3 Å². The van der Waals surface area contributed by atoms with Gasteiger partial charge in [-0.2, -0.15) is 0 Å². The zero-order valence-corrected chi connectivity index (χ0v) is 12.2. The summed E-state index contributed by atoms with van der Waals surface area (Å²) in [5.41, 5.74) is 0. The monoisotopic (exact) mass is 274 g/mol. The second kappa shape index (κ2) is 8.16. The number of rotatable bonds is 5. The van der Waals surface area contributed by atoms with E-state index in [0.717, 1.165) is 32.1 Å². The van der Waals surface area contributed by atoms with Gasteiger partial charge >= 0.3 is 0 Å². The van der Waals surface area contributed by atoms with Crippen LogP contribution < -0.4 is 10.6 Å². The molecule has 2 fully saturated rings. The van der Waals surface area contributed by atoms with E-state index in [9.17, 15) is 0 Å². The van der Waals surface area contributed by atoms with Crippen LogP contribution in [0.4, 0.5) is 0 Å². The predicted molar refractivity (Wildman–Crippen MR) is 78.4 cm³/mol. The Bertz CT molecular complexity index is 244. The second-order valence-corrected chi connectivity index (χ2v) is 5.43. The molecule has 0 radical (unpaired) electrons. The first-order valence-electron chi connectivity index (χ1n) is 6.99. The largest absolute Gasteiger partial charge is 0.379 e. The maximum atomic E-state index is 5.59. The molecule has 0 amide bonds.